The molecule has 0 saturated carbocycles. The fourth-order valence-corrected chi connectivity index (χ4v) is 5.94. The van der Waals surface area contributed by atoms with Gasteiger partial charge in [0.15, 0.2) is 9.84 Å². The predicted octanol–water partition coefficient (Wildman–Crippen LogP) is 5.61. The number of rotatable bonds is 7. The van der Waals surface area contributed by atoms with Crippen molar-refractivity contribution >= 4 is 21.6 Å². The van der Waals surface area contributed by atoms with E-state index in [2.05, 4.69) is 28.5 Å². The average Bonchev–Trinajstić information content (AvgIpc) is 3.27. The monoisotopic (exact) mass is 491 g/mol. The summed E-state index contributed by atoms with van der Waals surface area (Å²) in [6, 6.07) is 21.6. The molecule has 184 valence electrons. The number of hydrogen-bond donors (Lipinski definition) is 2. The molecule has 0 bridgehead atoms. The van der Waals surface area contributed by atoms with Crippen molar-refractivity contribution < 1.29 is 13.2 Å². The Labute approximate surface area is 208 Å². The molecule has 0 saturated heterocycles. The van der Waals surface area contributed by atoms with Gasteiger partial charge in [-0.05, 0) is 73.8 Å². The van der Waals surface area contributed by atoms with Crippen molar-refractivity contribution in [2.24, 2.45) is 0 Å². The number of carbonyl (C=O) groups excluding carboxylic acids is 1. The van der Waals surface area contributed by atoms with Gasteiger partial charge in [0.25, 0.3) is 0 Å². The maximum Gasteiger partial charge on any atom is 0.319 e. The van der Waals surface area contributed by atoms with Crippen LogP contribution in [0, 0.1) is 0 Å². The number of benzene rings is 3. The van der Waals surface area contributed by atoms with Crippen LogP contribution in [0.25, 0.3) is 0 Å². The summed E-state index contributed by atoms with van der Waals surface area (Å²) in [6.45, 7) is 10.3. The number of anilines is 1. The standard InChI is InChI=1S/C28H33N3O3S/c1-5-31-18-22-11-12-24(17-23(22)19-31)28(3,4)35(33,34)26-15-13-25(14-16-26)30-27(32)29-20(2)21-9-7-6-8-10-21/h6-17,20H,5,18-19H2,1-4H3,(H2,29,30,32). The van der Waals surface area contributed by atoms with Gasteiger partial charge in [0.1, 0.15) is 0 Å². The lowest BCUT2D eigenvalue weighted by Crippen LogP contribution is -2.31. The summed E-state index contributed by atoms with van der Waals surface area (Å²) in [4.78, 5) is 15.0. The molecule has 1 heterocycles. The zero-order valence-electron chi connectivity index (χ0n) is 20.7. The summed E-state index contributed by atoms with van der Waals surface area (Å²) < 4.78 is 26.1. The first-order valence-corrected chi connectivity index (χ1v) is 13.4. The molecular formula is C28H33N3O3S. The summed E-state index contributed by atoms with van der Waals surface area (Å²) in [5, 5.41) is 5.67. The highest BCUT2D eigenvalue weighted by Crippen LogP contribution is 2.37. The van der Waals surface area contributed by atoms with Crippen molar-refractivity contribution in [2.75, 3.05) is 11.9 Å². The van der Waals surface area contributed by atoms with E-state index in [1.54, 1.807) is 38.1 Å². The molecule has 4 rings (SSSR count). The average molecular weight is 492 g/mol. The third kappa shape index (κ3) is 5.11. The fourth-order valence-electron chi connectivity index (χ4n) is 4.42. The molecule has 1 aliphatic rings. The maximum absolute atomic E-state index is 13.6. The van der Waals surface area contributed by atoms with Gasteiger partial charge in [-0.3, -0.25) is 4.90 Å². The molecule has 0 fully saturated rings. The zero-order valence-corrected chi connectivity index (χ0v) is 21.5. The van der Waals surface area contributed by atoms with Crippen molar-refractivity contribution in [2.45, 2.75) is 56.5 Å². The van der Waals surface area contributed by atoms with E-state index in [0.717, 1.165) is 30.8 Å². The number of hydrogen-bond acceptors (Lipinski definition) is 4. The van der Waals surface area contributed by atoms with Crippen LogP contribution in [0.1, 0.15) is 56.0 Å². The molecular weight excluding hydrogens is 458 g/mol. The third-order valence-corrected chi connectivity index (χ3v) is 9.35. The molecule has 0 spiro atoms. The lowest BCUT2D eigenvalue weighted by atomic mass is 9.98. The molecule has 2 N–H and O–H groups in total. The Morgan fingerprint density at radius 3 is 2.29 bits per heavy atom. The molecule has 1 unspecified atom stereocenters. The van der Waals surface area contributed by atoms with Crippen LogP contribution < -0.4 is 10.6 Å². The summed E-state index contributed by atoms with van der Waals surface area (Å²) in [7, 11) is -3.67. The van der Waals surface area contributed by atoms with E-state index < -0.39 is 14.6 Å². The molecule has 7 heteroatoms. The normalized spacial score (nSPS) is 14.9. The first kappa shape index (κ1) is 24.9. The van der Waals surface area contributed by atoms with Gasteiger partial charge in [0.2, 0.25) is 0 Å². The number of urea groups is 1. The Bertz CT molecular complexity index is 1300. The number of amides is 2. The Hall–Kier alpha value is -3.16. The second kappa shape index (κ2) is 9.84. The Morgan fingerprint density at radius 2 is 1.63 bits per heavy atom. The second-order valence-electron chi connectivity index (χ2n) is 9.56. The van der Waals surface area contributed by atoms with E-state index in [0.29, 0.717) is 5.69 Å². The van der Waals surface area contributed by atoms with Gasteiger partial charge in [-0.2, -0.15) is 0 Å². The summed E-state index contributed by atoms with van der Waals surface area (Å²) in [5.41, 5.74) is 4.77. The van der Waals surface area contributed by atoms with E-state index in [4.69, 9.17) is 0 Å². The number of nitrogens with zero attached hydrogens (tertiary/aromatic N) is 1. The molecule has 0 radical (unpaired) electrons. The number of carbonyl (C=O) groups is 1. The highest BCUT2D eigenvalue weighted by atomic mass is 32.2. The van der Waals surface area contributed by atoms with Gasteiger partial charge in [-0.15, -0.1) is 0 Å². The Morgan fingerprint density at radius 1 is 0.971 bits per heavy atom. The van der Waals surface area contributed by atoms with Gasteiger partial charge in [0, 0.05) is 18.8 Å². The first-order chi connectivity index (χ1) is 16.6. The van der Waals surface area contributed by atoms with Crippen molar-refractivity contribution in [3.05, 3.63) is 95.1 Å². The quantitative estimate of drug-likeness (QED) is 0.450. The highest BCUT2D eigenvalue weighted by Gasteiger charge is 2.38. The van der Waals surface area contributed by atoms with Crippen LogP contribution in [0.2, 0.25) is 0 Å². The van der Waals surface area contributed by atoms with E-state index in [1.807, 2.05) is 49.4 Å². The minimum Gasteiger partial charge on any atom is -0.331 e. The van der Waals surface area contributed by atoms with Gasteiger partial charge < -0.3 is 10.6 Å². The number of sulfone groups is 1. The topological polar surface area (TPSA) is 78.5 Å². The molecule has 0 aliphatic carbocycles. The number of nitrogens with one attached hydrogen (secondary N) is 2. The van der Waals surface area contributed by atoms with Crippen LogP contribution in [0.4, 0.5) is 10.5 Å². The summed E-state index contributed by atoms with van der Waals surface area (Å²) in [5.74, 6) is 0. The van der Waals surface area contributed by atoms with Crippen LogP contribution in [-0.4, -0.2) is 25.9 Å². The minimum atomic E-state index is -3.67. The van der Waals surface area contributed by atoms with Crippen LogP contribution >= 0.6 is 0 Å². The molecule has 3 aromatic carbocycles. The lowest BCUT2D eigenvalue weighted by molar-refractivity contribution is 0.249. The number of fused-ring (bicyclic) bond motifs is 1. The predicted molar refractivity (Wildman–Crippen MR) is 140 cm³/mol. The van der Waals surface area contributed by atoms with E-state index >= 15 is 0 Å². The van der Waals surface area contributed by atoms with Crippen molar-refractivity contribution in [1.82, 2.24) is 10.2 Å². The van der Waals surface area contributed by atoms with Crippen LogP contribution in [0.5, 0.6) is 0 Å². The molecule has 1 atom stereocenters. The van der Waals surface area contributed by atoms with Crippen molar-refractivity contribution in [1.29, 1.82) is 0 Å². The molecule has 3 aromatic rings. The van der Waals surface area contributed by atoms with Gasteiger partial charge in [0.05, 0.1) is 15.7 Å². The van der Waals surface area contributed by atoms with E-state index in [9.17, 15) is 13.2 Å². The highest BCUT2D eigenvalue weighted by molar-refractivity contribution is 7.92. The molecule has 35 heavy (non-hydrogen) atoms. The van der Waals surface area contributed by atoms with Crippen molar-refractivity contribution in [3.8, 4) is 0 Å². The zero-order chi connectivity index (χ0) is 25.2. The summed E-state index contributed by atoms with van der Waals surface area (Å²) >= 11 is 0. The molecule has 6 nitrogen and oxygen atoms in total. The van der Waals surface area contributed by atoms with Gasteiger partial charge in [-0.1, -0.05) is 55.5 Å². The fraction of sp³-hybridized carbons (Fsp3) is 0.321. The second-order valence-corrected chi connectivity index (χ2v) is 12.1. The van der Waals surface area contributed by atoms with E-state index in [-0.39, 0.29) is 17.0 Å². The molecule has 2 amide bonds. The molecule has 0 aromatic heterocycles. The Balaban J connectivity index is 1.47. The van der Waals surface area contributed by atoms with Gasteiger partial charge >= 0.3 is 6.03 Å². The third-order valence-electron chi connectivity index (χ3n) is 6.88. The maximum atomic E-state index is 13.6. The van der Waals surface area contributed by atoms with Crippen LogP contribution in [-0.2, 0) is 27.7 Å². The van der Waals surface area contributed by atoms with Crippen LogP contribution in [0.3, 0.4) is 0 Å². The first-order valence-electron chi connectivity index (χ1n) is 11.9. The summed E-state index contributed by atoms with van der Waals surface area (Å²) in [6.07, 6.45) is 0. The minimum absolute atomic E-state index is 0.159. The largest absolute Gasteiger partial charge is 0.331 e. The SMILES string of the molecule is CCN1Cc2ccc(C(C)(C)S(=O)(=O)c3ccc(NC(=O)NC(C)c4ccccc4)cc3)cc2C1. The van der Waals surface area contributed by atoms with Gasteiger partial charge in [-0.25, -0.2) is 13.2 Å². The van der Waals surface area contributed by atoms with Crippen molar-refractivity contribution in [3.63, 3.8) is 0 Å². The smallest absolute Gasteiger partial charge is 0.319 e. The Kier molecular flexibility index (Phi) is 7.01. The lowest BCUT2D eigenvalue weighted by Gasteiger charge is -2.26. The van der Waals surface area contributed by atoms with Crippen LogP contribution in [0.15, 0.2) is 77.7 Å². The van der Waals surface area contributed by atoms with E-state index in [1.165, 1.54) is 11.1 Å². The molecule has 1 aliphatic heterocycles.